The van der Waals surface area contributed by atoms with E-state index in [-0.39, 0.29) is 31.8 Å². The van der Waals surface area contributed by atoms with E-state index in [0.717, 1.165) is 38.5 Å². The molecule has 0 aromatic rings. The average molecular weight is 424 g/mol. The minimum atomic E-state index is -3.46. The number of hydrogen-bond donors (Lipinski definition) is 0. The molecule has 0 aromatic heterocycles. The molecule has 0 bridgehead atoms. The summed E-state index contributed by atoms with van der Waals surface area (Å²) in [6, 6.07) is 0. The van der Waals surface area contributed by atoms with Crippen molar-refractivity contribution in [3.63, 3.8) is 0 Å². The Hall–Kier alpha value is 0.923. The second-order valence-corrected chi connectivity index (χ2v) is 9.16. The van der Waals surface area contributed by atoms with Gasteiger partial charge >= 0.3 is 19.5 Å². The van der Waals surface area contributed by atoms with Crippen LogP contribution >= 0.6 is 15.2 Å². The standard InChI is InChI=1S/2C7H17O3P.Zn/c2*1-3-5-6-7-10-11(8,9)4-2;/h2*3-7H2,1-2H3,(H,8,9);/q;;+2/p-2. The summed E-state index contributed by atoms with van der Waals surface area (Å²) >= 11 is 0. The normalized spacial score (nSPS) is 15.6. The van der Waals surface area contributed by atoms with Gasteiger partial charge in [-0.3, -0.25) is 0 Å². The van der Waals surface area contributed by atoms with Crippen LogP contribution in [0.1, 0.15) is 66.2 Å². The second kappa shape index (κ2) is 17.7. The summed E-state index contributed by atoms with van der Waals surface area (Å²) in [4.78, 5) is 21.5. The third-order valence-electron chi connectivity index (χ3n) is 2.85. The Morgan fingerprint density at radius 2 is 1.00 bits per heavy atom. The first-order valence-electron chi connectivity index (χ1n) is 8.13. The molecule has 0 radical (unpaired) electrons. The van der Waals surface area contributed by atoms with Crippen molar-refractivity contribution >= 4 is 15.2 Å². The fraction of sp³-hybridized carbons (Fsp3) is 1.00. The van der Waals surface area contributed by atoms with Crippen molar-refractivity contribution in [3.8, 4) is 0 Å². The van der Waals surface area contributed by atoms with Crippen molar-refractivity contribution in [2.24, 2.45) is 0 Å². The maximum Gasteiger partial charge on any atom is 2.00 e. The largest absolute Gasteiger partial charge is 2.00 e. The molecule has 0 saturated heterocycles. The first-order chi connectivity index (χ1) is 10.2. The number of rotatable bonds is 12. The van der Waals surface area contributed by atoms with Gasteiger partial charge in [-0.2, -0.15) is 0 Å². The van der Waals surface area contributed by atoms with Gasteiger partial charge in [0, 0.05) is 12.3 Å². The summed E-state index contributed by atoms with van der Waals surface area (Å²) in [7, 11) is -6.93. The van der Waals surface area contributed by atoms with Gasteiger partial charge in [-0.25, -0.2) is 0 Å². The van der Waals surface area contributed by atoms with E-state index in [1.54, 1.807) is 13.8 Å². The predicted octanol–water partition coefficient (Wildman–Crippen LogP) is 3.53. The SMILES string of the molecule is CCCCCOP(=O)([O-])CC.CCCCCOP(=O)([O-])CC.[Zn+2]. The zero-order valence-corrected chi connectivity index (χ0v) is 19.9. The summed E-state index contributed by atoms with van der Waals surface area (Å²) in [5.41, 5.74) is 0. The molecule has 6 nitrogen and oxygen atoms in total. The molecule has 0 spiro atoms. The summed E-state index contributed by atoms with van der Waals surface area (Å²) in [5.74, 6) is 0. The molecule has 0 aliphatic carbocycles. The van der Waals surface area contributed by atoms with Gasteiger partial charge < -0.3 is 28.0 Å². The van der Waals surface area contributed by atoms with Crippen molar-refractivity contribution in [2.75, 3.05) is 25.5 Å². The number of hydrogen-bond acceptors (Lipinski definition) is 6. The zero-order chi connectivity index (χ0) is 17.5. The minimum Gasteiger partial charge on any atom is -0.779 e. The number of unbranched alkanes of at least 4 members (excludes halogenated alkanes) is 4. The molecule has 0 rings (SSSR count). The van der Waals surface area contributed by atoms with Crippen LogP contribution in [0, 0.1) is 0 Å². The zero-order valence-electron chi connectivity index (χ0n) is 15.1. The van der Waals surface area contributed by atoms with E-state index >= 15 is 0 Å². The molecule has 0 amide bonds. The van der Waals surface area contributed by atoms with Crippen LogP contribution in [0.25, 0.3) is 0 Å². The summed E-state index contributed by atoms with van der Waals surface area (Å²) in [5, 5.41) is 0. The minimum absolute atomic E-state index is 0. The van der Waals surface area contributed by atoms with Crippen molar-refractivity contribution in [1.29, 1.82) is 0 Å². The van der Waals surface area contributed by atoms with Crippen LogP contribution in [-0.4, -0.2) is 25.5 Å². The molecule has 0 N–H and O–H groups in total. The third kappa shape index (κ3) is 22.9. The Morgan fingerprint density at radius 3 is 1.22 bits per heavy atom. The van der Waals surface area contributed by atoms with Crippen LogP contribution < -0.4 is 9.79 Å². The Kier molecular flexibility index (Phi) is 22.1. The van der Waals surface area contributed by atoms with Crippen molar-refractivity contribution < 1.29 is 47.4 Å². The molecule has 0 aliphatic heterocycles. The van der Waals surface area contributed by atoms with Gasteiger partial charge in [0.05, 0.1) is 13.2 Å². The fourth-order valence-corrected chi connectivity index (χ4v) is 2.47. The first kappa shape index (κ1) is 28.7. The molecule has 2 unspecified atom stereocenters. The molecule has 0 saturated carbocycles. The maximum atomic E-state index is 10.8. The Bertz CT molecular complexity index is 309. The van der Waals surface area contributed by atoms with Crippen LogP contribution in [-0.2, 0) is 37.7 Å². The van der Waals surface area contributed by atoms with E-state index in [0.29, 0.717) is 13.2 Å². The summed E-state index contributed by atoms with van der Waals surface area (Å²) in [6.45, 7) is 8.01. The molecular formula is C14H32O6P2Zn. The van der Waals surface area contributed by atoms with Crippen LogP contribution in [0.15, 0.2) is 0 Å². The molecular weight excluding hydrogens is 391 g/mol. The molecule has 0 aromatic carbocycles. The summed E-state index contributed by atoms with van der Waals surface area (Å²) < 4.78 is 30.9. The van der Waals surface area contributed by atoms with Gasteiger partial charge in [0.2, 0.25) is 0 Å². The van der Waals surface area contributed by atoms with Gasteiger partial charge in [0.25, 0.3) is 0 Å². The molecule has 0 fully saturated rings. The maximum absolute atomic E-state index is 10.8. The Balaban J connectivity index is -0.000000333. The van der Waals surface area contributed by atoms with Gasteiger partial charge in [-0.15, -0.1) is 0 Å². The fourth-order valence-electron chi connectivity index (χ4n) is 1.29. The smallest absolute Gasteiger partial charge is 0.779 e. The van der Waals surface area contributed by atoms with Gasteiger partial charge in [-0.05, 0) is 12.8 Å². The average Bonchev–Trinajstić information content (AvgIpc) is 2.49. The van der Waals surface area contributed by atoms with Crippen LogP contribution in [0.5, 0.6) is 0 Å². The first-order valence-corrected chi connectivity index (χ1v) is 11.6. The second-order valence-electron chi connectivity index (χ2n) is 4.93. The quantitative estimate of drug-likeness (QED) is 0.270. The molecule has 23 heavy (non-hydrogen) atoms. The van der Waals surface area contributed by atoms with Crippen LogP contribution in [0.2, 0.25) is 0 Å². The van der Waals surface area contributed by atoms with E-state index < -0.39 is 15.2 Å². The third-order valence-corrected chi connectivity index (χ3v) is 5.55. The monoisotopic (exact) mass is 422 g/mol. The van der Waals surface area contributed by atoms with Gasteiger partial charge in [0.15, 0.2) is 0 Å². The van der Waals surface area contributed by atoms with Crippen LogP contribution in [0.4, 0.5) is 0 Å². The van der Waals surface area contributed by atoms with Gasteiger partial charge in [0.1, 0.15) is 15.2 Å². The molecule has 0 aliphatic rings. The Labute approximate surface area is 154 Å². The van der Waals surface area contributed by atoms with E-state index in [1.165, 1.54) is 0 Å². The Morgan fingerprint density at radius 1 is 0.696 bits per heavy atom. The summed E-state index contributed by atoms with van der Waals surface area (Å²) in [6.07, 6.45) is 6.09. The van der Waals surface area contributed by atoms with E-state index in [9.17, 15) is 18.9 Å². The molecule has 9 heteroatoms. The van der Waals surface area contributed by atoms with E-state index in [2.05, 4.69) is 22.9 Å². The van der Waals surface area contributed by atoms with E-state index in [4.69, 9.17) is 0 Å². The topological polar surface area (TPSA) is 98.7 Å². The van der Waals surface area contributed by atoms with Gasteiger partial charge in [-0.1, -0.05) is 53.4 Å². The molecule has 2 atom stereocenters. The molecule has 136 valence electrons. The van der Waals surface area contributed by atoms with Crippen molar-refractivity contribution in [2.45, 2.75) is 66.2 Å². The van der Waals surface area contributed by atoms with Crippen molar-refractivity contribution in [3.05, 3.63) is 0 Å². The van der Waals surface area contributed by atoms with Crippen molar-refractivity contribution in [1.82, 2.24) is 0 Å². The van der Waals surface area contributed by atoms with E-state index in [1.807, 2.05) is 0 Å². The molecule has 0 heterocycles. The predicted molar refractivity (Wildman–Crippen MR) is 87.2 cm³/mol. The van der Waals surface area contributed by atoms with Crippen LogP contribution in [0.3, 0.4) is 0 Å².